The second kappa shape index (κ2) is 7.41. The zero-order valence-electron chi connectivity index (χ0n) is 13.0. The molecule has 0 radical (unpaired) electrons. The third kappa shape index (κ3) is 3.95. The first kappa shape index (κ1) is 15.8. The summed E-state index contributed by atoms with van der Waals surface area (Å²) in [6.45, 7) is 4.09. The smallest absolute Gasteiger partial charge is 0.271 e. The van der Waals surface area contributed by atoms with Crippen LogP contribution in [0, 0.1) is 5.92 Å². The van der Waals surface area contributed by atoms with Gasteiger partial charge in [0.1, 0.15) is 5.75 Å². The van der Waals surface area contributed by atoms with Gasteiger partial charge in [0.2, 0.25) is 0 Å². The number of carbonyl (C=O) groups excluding carboxylic acids is 1. The Bertz CT molecular complexity index is 647. The highest BCUT2D eigenvalue weighted by molar-refractivity contribution is 6.03. The van der Waals surface area contributed by atoms with Gasteiger partial charge in [-0.2, -0.15) is 5.10 Å². The van der Waals surface area contributed by atoms with Gasteiger partial charge in [-0.3, -0.25) is 4.79 Å². The van der Waals surface area contributed by atoms with E-state index in [1.807, 2.05) is 44.2 Å². The lowest BCUT2D eigenvalue weighted by Gasteiger charge is -2.10. The number of hydrogen-bond donors (Lipinski definition) is 1. The molecule has 114 valence electrons. The highest BCUT2D eigenvalue weighted by Gasteiger charge is 2.10. The van der Waals surface area contributed by atoms with E-state index in [4.69, 9.17) is 4.74 Å². The SMILES string of the molecule is COc1ccc(C(=O)N/N=C(\c2ccccc2)C(C)C)cc1. The number of ether oxygens (including phenoxy) is 1. The summed E-state index contributed by atoms with van der Waals surface area (Å²) in [7, 11) is 1.59. The van der Waals surface area contributed by atoms with E-state index in [1.54, 1.807) is 31.4 Å². The van der Waals surface area contributed by atoms with Gasteiger partial charge in [0.15, 0.2) is 0 Å². The van der Waals surface area contributed by atoms with Crippen LogP contribution in [0.25, 0.3) is 0 Å². The van der Waals surface area contributed by atoms with Crippen LogP contribution in [0.2, 0.25) is 0 Å². The minimum absolute atomic E-state index is 0.207. The molecule has 4 nitrogen and oxygen atoms in total. The summed E-state index contributed by atoms with van der Waals surface area (Å²) in [6, 6.07) is 16.8. The zero-order chi connectivity index (χ0) is 15.9. The fraction of sp³-hybridized carbons (Fsp3) is 0.222. The van der Waals surface area contributed by atoms with E-state index in [1.165, 1.54) is 0 Å². The second-order valence-electron chi connectivity index (χ2n) is 5.19. The summed E-state index contributed by atoms with van der Waals surface area (Å²) in [5.74, 6) is 0.683. The monoisotopic (exact) mass is 296 g/mol. The number of nitrogens with zero attached hydrogens (tertiary/aromatic N) is 1. The molecule has 0 atom stereocenters. The number of carbonyl (C=O) groups is 1. The summed E-state index contributed by atoms with van der Waals surface area (Å²) >= 11 is 0. The molecule has 2 rings (SSSR count). The molecule has 0 bridgehead atoms. The molecule has 22 heavy (non-hydrogen) atoms. The Kier molecular flexibility index (Phi) is 5.31. The van der Waals surface area contributed by atoms with Crippen molar-refractivity contribution in [1.29, 1.82) is 0 Å². The Balaban J connectivity index is 2.15. The Morgan fingerprint density at radius 2 is 1.64 bits per heavy atom. The minimum atomic E-state index is -0.239. The van der Waals surface area contributed by atoms with E-state index in [2.05, 4.69) is 10.5 Å². The third-order valence-corrected chi connectivity index (χ3v) is 3.25. The molecule has 0 unspecified atom stereocenters. The maximum absolute atomic E-state index is 12.1. The lowest BCUT2D eigenvalue weighted by molar-refractivity contribution is 0.0954. The minimum Gasteiger partial charge on any atom is -0.497 e. The van der Waals surface area contributed by atoms with Gasteiger partial charge >= 0.3 is 0 Å². The first-order valence-electron chi connectivity index (χ1n) is 7.19. The van der Waals surface area contributed by atoms with E-state index in [9.17, 15) is 4.79 Å². The molecule has 0 aliphatic heterocycles. The van der Waals surface area contributed by atoms with E-state index < -0.39 is 0 Å². The van der Waals surface area contributed by atoms with Gasteiger partial charge in [-0.05, 0) is 35.7 Å². The molecule has 0 heterocycles. The van der Waals surface area contributed by atoms with Crippen molar-refractivity contribution in [1.82, 2.24) is 5.43 Å². The second-order valence-corrected chi connectivity index (χ2v) is 5.19. The molecule has 0 aromatic heterocycles. The molecule has 1 N–H and O–H groups in total. The van der Waals surface area contributed by atoms with E-state index in [0.717, 1.165) is 11.3 Å². The maximum atomic E-state index is 12.1. The van der Waals surface area contributed by atoms with Crippen LogP contribution in [-0.4, -0.2) is 18.7 Å². The molecule has 2 aromatic rings. The number of hydrogen-bond acceptors (Lipinski definition) is 3. The number of hydrazone groups is 1. The van der Waals surface area contributed by atoms with Crippen LogP contribution >= 0.6 is 0 Å². The number of rotatable bonds is 5. The van der Waals surface area contributed by atoms with Gasteiger partial charge in [-0.25, -0.2) is 5.43 Å². The standard InChI is InChI=1S/C18H20N2O2/c1-13(2)17(14-7-5-4-6-8-14)19-20-18(21)15-9-11-16(22-3)12-10-15/h4-13H,1-3H3,(H,20,21)/b19-17-. The van der Waals surface area contributed by atoms with Crippen LogP contribution in [0.3, 0.4) is 0 Å². The average molecular weight is 296 g/mol. The fourth-order valence-electron chi connectivity index (χ4n) is 2.05. The predicted octanol–water partition coefficient (Wildman–Crippen LogP) is 3.49. The van der Waals surface area contributed by atoms with Crippen molar-refractivity contribution in [3.8, 4) is 5.75 Å². The molecule has 2 aromatic carbocycles. The average Bonchev–Trinajstić information content (AvgIpc) is 2.55. The van der Waals surface area contributed by atoms with E-state index >= 15 is 0 Å². The normalized spacial score (nSPS) is 11.4. The Morgan fingerprint density at radius 1 is 1.00 bits per heavy atom. The van der Waals surface area contributed by atoms with Crippen LogP contribution in [-0.2, 0) is 0 Å². The summed E-state index contributed by atoms with van der Waals surface area (Å²) in [6.07, 6.45) is 0. The summed E-state index contributed by atoms with van der Waals surface area (Å²) in [4.78, 5) is 12.1. The van der Waals surface area contributed by atoms with Crippen molar-refractivity contribution in [2.75, 3.05) is 7.11 Å². The predicted molar refractivity (Wildman–Crippen MR) is 88.3 cm³/mol. The van der Waals surface area contributed by atoms with Crippen molar-refractivity contribution in [3.63, 3.8) is 0 Å². The fourth-order valence-corrected chi connectivity index (χ4v) is 2.05. The number of methoxy groups -OCH3 is 1. The molecule has 0 saturated carbocycles. The van der Waals surface area contributed by atoms with E-state index in [0.29, 0.717) is 11.3 Å². The lowest BCUT2D eigenvalue weighted by Crippen LogP contribution is -2.22. The van der Waals surface area contributed by atoms with Crippen molar-refractivity contribution in [2.45, 2.75) is 13.8 Å². The largest absolute Gasteiger partial charge is 0.497 e. The van der Waals surface area contributed by atoms with Crippen LogP contribution in [0.1, 0.15) is 29.8 Å². The van der Waals surface area contributed by atoms with Gasteiger partial charge < -0.3 is 4.74 Å². The quantitative estimate of drug-likeness (QED) is 0.678. The van der Waals surface area contributed by atoms with Gasteiger partial charge in [-0.15, -0.1) is 0 Å². The highest BCUT2D eigenvalue weighted by atomic mass is 16.5. The summed E-state index contributed by atoms with van der Waals surface area (Å²) in [5, 5.41) is 4.30. The topological polar surface area (TPSA) is 50.7 Å². The van der Waals surface area contributed by atoms with Crippen LogP contribution < -0.4 is 10.2 Å². The molecule has 0 aliphatic carbocycles. The van der Waals surface area contributed by atoms with Crippen molar-refractivity contribution in [2.24, 2.45) is 11.0 Å². The third-order valence-electron chi connectivity index (χ3n) is 3.25. The van der Waals surface area contributed by atoms with Crippen molar-refractivity contribution in [3.05, 3.63) is 65.7 Å². The van der Waals surface area contributed by atoms with Gasteiger partial charge in [-0.1, -0.05) is 44.2 Å². The molecular weight excluding hydrogens is 276 g/mol. The van der Waals surface area contributed by atoms with Gasteiger partial charge in [0.25, 0.3) is 5.91 Å². The first-order chi connectivity index (χ1) is 10.6. The van der Waals surface area contributed by atoms with Gasteiger partial charge in [0.05, 0.1) is 12.8 Å². The van der Waals surface area contributed by atoms with Crippen LogP contribution in [0.5, 0.6) is 5.75 Å². The first-order valence-corrected chi connectivity index (χ1v) is 7.19. The van der Waals surface area contributed by atoms with Crippen LogP contribution in [0.4, 0.5) is 0 Å². The maximum Gasteiger partial charge on any atom is 0.271 e. The molecule has 0 fully saturated rings. The Hall–Kier alpha value is -2.62. The van der Waals surface area contributed by atoms with Crippen molar-refractivity contribution >= 4 is 11.6 Å². The Labute approximate surface area is 130 Å². The molecule has 0 aliphatic rings. The molecule has 4 heteroatoms. The number of nitrogens with one attached hydrogen (secondary N) is 1. The number of benzene rings is 2. The molecule has 0 spiro atoms. The molecule has 1 amide bonds. The summed E-state index contributed by atoms with van der Waals surface area (Å²) < 4.78 is 5.08. The molecular formula is C18H20N2O2. The Morgan fingerprint density at radius 3 is 2.18 bits per heavy atom. The van der Waals surface area contributed by atoms with Gasteiger partial charge in [0, 0.05) is 5.56 Å². The number of amides is 1. The molecule has 0 saturated heterocycles. The zero-order valence-corrected chi connectivity index (χ0v) is 13.0. The van der Waals surface area contributed by atoms with Crippen LogP contribution in [0.15, 0.2) is 59.7 Å². The van der Waals surface area contributed by atoms with E-state index in [-0.39, 0.29) is 11.8 Å². The summed E-state index contributed by atoms with van der Waals surface area (Å²) in [5.41, 5.74) is 5.02. The highest BCUT2D eigenvalue weighted by Crippen LogP contribution is 2.12. The lowest BCUT2D eigenvalue weighted by atomic mass is 10.0. The van der Waals surface area contributed by atoms with Crippen molar-refractivity contribution < 1.29 is 9.53 Å².